The van der Waals surface area contributed by atoms with E-state index in [-0.39, 0.29) is 4.90 Å². The smallest absolute Gasteiger partial charge is 0.124 e. The molecule has 0 fully saturated rings. The van der Waals surface area contributed by atoms with Gasteiger partial charge in [0.25, 0.3) is 0 Å². The molecule has 78 valence electrons. The van der Waals surface area contributed by atoms with Crippen molar-refractivity contribution in [1.29, 1.82) is 0 Å². The van der Waals surface area contributed by atoms with E-state index in [9.17, 15) is 13.0 Å². The molecule has 0 aliphatic rings. The summed E-state index contributed by atoms with van der Waals surface area (Å²) in [6.07, 6.45) is 0. The van der Waals surface area contributed by atoms with E-state index >= 15 is 0 Å². The monoisotopic (exact) mass is 222 g/mol. The highest BCUT2D eigenvalue weighted by molar-refractivity contribution is 7.85. The third kappa shape index (κ3) is 1.93. The van der Waals surface area contributed by atoms with Gasteiger partial charge in [-0.25, -0.2) is 8.42 Å². The molecular weight excluding hydrogens is 214 g/mol. The predicted molar refractivity (Wildman–Crippen MR) is 56.3 cm³/mol. The van der Waals surface area contributed by atoms with Crippen LogP contribution in [0.25, 0.3) is 10.8 Å². The Morgan fingerprint density at radius 2 is 1.60 bits per heavy atom. The summed E-state index contributed by atoms with van der Waals surface area (Å²) < 4.78 is 32.3. The number of nitrogens with two attached hydrogens (primary N) is 1. The Morgan fingerprint density at radius 1 is 1.00 bits per heavy atom. The fourth-order valence-electron chi connectivity index (χ4n) is 1.40. The van der Waals surface area contributed by atoms with Gasteiger partial charge in [0.05, 0.1) is 4.90 Å². The molecule has 2 N–H and O–H groups in total. The van der Waals surface area contributed by atoms with Crippen LogP contribution < -0.4 is 5.73 Å². The Kier molecular flexibility index (Phi) is 2.13. The highest BCUT2D eigenvalue weighted by Gasteiger charge is 2.02. The number of nitrogen functional groups attached to an aromatic ring is 1. The zero-order valence-electron chi connectivity index (χ0n) is 7.67. The average Bonchev–Trinajstić information content (AvgIpc) is 2.15. The van der Waals surface area contributed by atoms with Crippen molar-refractivity contribution in [3.63, 3.8) is 0 Å². The average molecular weight is 222 g/mol. The van der Waals surface area contributed by atoms with Gasteiger partial charge in [0, 0.05) is 5.69 Å². The van der Waals surface area contributed by atoms with Crippen LogP contribution in [0.2, 0.25) is 0 Å². The van der Waals surface area contributed by atoms with Crippen molar-refractivity contribution in [1.82, 2.24) is 0 Å². The van der Waals surface area contributed by atoms with E-state index in [1.54, 1.807) is 24.3 Å². The highest BCUT2D eigenvalue weighted by Crippen LogP contribution is 2.20. The molecule has 15 heavy (non-hydrogen) atoms. The van der Waals surface area contributed by atoms with Crippen LogP contribution in [0.4, 0.5) is 5.69 Å². The lowest BCUT2D eigenvalue weighted by atomic mass is 10.1. The van der Waals surface area contributed by atoms with Crippen molar-refractivity contribution < 1.29 is 13.0 Å². The van der Waals surface area contributed by atoms with Crippen molar-refractivity contribution in [3.8, 4) is 0 Å². The number of anilines is 1. The molecule has 0 aliphatic carbocycles. The third-order valence-electron chi connectivity index (χ3n) is 2.12. The number of fused-ring (bicyclic) bond motifs is 1. The Bertz CT molecular complexity index is 620. The van der Waals surface area contributed by atoms with Crippen LogP contribution in [-0.2, 0) is 10.1 Å². The number of hydrogen-bond acceptors (Lipinski definition) is 4. The van der Waals surface area contributed by atoms with E-state index in [2.05, 4.69) is 0 Å². The summed E-state index contributed by atoms with van der Waals surface area (Å²) in [6.45, 7) is 0. The number of rotatable bonds is 1. The van der Waals surface area contributed by atoms with E-state index in [0.717, 1.165) is 5.39 Å². The van der Waals surface area contributed by atoms with Gasteiger partial charge in [0.2, 0.25) is 0 Å². The standard InChI is InChI=1S/C10H9NO3S/c11-9-3-1-8-6-10(15(12,13)14)4-2-7(8)5-9/h1-6H,11H2,(H,12,13,14)/p-1. The zero-order valence-corrected chi connectivity index (χ0v) is 8.49. The van der Waals surface area contributed by atoms with E-state index in [0.29, 0.717) is 11.1 Å². The van der Waals surface area contributed by atoms with Crippen LogP contribution in [0.15, 0.2) is 41.3 Å². The van der Waals surface area contributed by atoms with Gasteiger partial charge in [0.15, 0.2) is 0 Å². The van der Waals surface area contributed by atoms with Crippen LogP contribution in [0.3, 0.4) is 0 Å². The number of benzene rings is 2. The summed E-state index contributed by atoms with van der Waals surface area (Å²) in [6, 6.07) is 9.25. The van der Waals surface area contributed by atoms with Gasteiger partial charge in [-0.05, 0) is 35.0 Å². The van der Waals surface area contributed by atoms with Crippen LogP contribution in [0.1, 0.15) is 0 Å². The first-order valence-electron chi connectivity index (χ1n) is 4.22. The Morgan fingerprint density at radius 3 is 2.27 bits per heavy atom. The molecule has 0 aromatic heterocycles. The van der Waals surface area contributed by atoms with E-state index in [1.807, 2.05) is 0 Å². The van der Waals surface area contributed by atoms with Crippen molar-refractivity contribution in [2.45, 2.75) is 4.90 Å². The van der Waals surface area contributed by atoms with Gasteiger partial charge < -0.3 is 10.3 Å². The molecule has 0 bridgehead atoms. The molecule has 2 aromatic carbocycles. The molecule has 0 spiro atoms. The minimum Gasteiger partial charge on any atom is -0.744 e. The zero-order chi connectivity index (χ0) is 11.1. The topological polar surface area (TPSA) is 83.2 Å². The van der Waals surface area contributed by atoms with Crippen LogP contribution in [0, 0.1) is 0 Å². The minimum atomic E-state index is -4.39. The van der Waals surface area contributed by atoms with Crippen molar-refractivity contribution in [2.75, 3.05) is 5.73 Å². The normalized spacial score (nSPS) is 11.8. The third-order valence-corrected chi connectivity index (χ3v) is 2.96. The SMILES string of the molecule is Nc1ccc2cc(S(=O)(=O)[O-])ccc2c1. The summed E-state index contributed by atoms with van der Waals surface area (Å²) in [7, 11) is -4.39. The van der Waals surface area contributed by atoms with Crippen molar-refractivity contribution >= 4 is 26.6 Å². The van der Waals surface area contributed by atoms with E-state index < -0.39 is 10.1 Å². The molecule has 0 aliphatic heterocycles. The largest absolute Gasteiger partial charge is 0.744 e. The second-order valence-corrected chi connectivity index (χ2v) is 4.60. The molecular formula is C10H8NO3S-. The molecule has 0 radical (unpaired) electrons. The van der Waals surface area contributed by atoms with E-state index in [1.165, 1.54) is 12.1 Å². The van der Waals surface area contributed by atoms with Gasteiger partial charge in [0.1, 0.15) is 10.1 Å². The molecule has 0 unspecified atom stereocenters. The summed E-state index contributed by atoms with van der Waals surface area (Å²) >= 11 is 0. The highest BCUT2D eigenvalue weighted by atomic mass is 32.2. The van der Waals surface area contributed by atoms with Gasteiger partial charge in [-0.3, -0.25) is 0 Å². The van der Waals surface area contributed by atoms with Gasteiger partial charge in [-0.1, -0.05) is 12.1 Å². The molecule has 0 heterocycles. The lowest BCUT2D eigenvalue weighted by Gasteiger charge is -2.08. The maximum atomic E-state index is 10.8. The first-order valence-corrected chi connectivity index (χ1v) is 5.63. The molecule has 2 aromatic rings. The van der Waals surface area contributed by atoms with E-state index in [4.69, 9.17) is 5.73 Å². The van der Waals surface area contributed by atoms with Gasteiger partial charge in [-0.2, -0.15) is 0 Å². The quantitative estimate of drug-likeness (QED) is 0.582. The molecule has 0 saturated carbocycles. The molecule has 5 heteroatoms. The molecule has 0 saturated heterocycles. The summed E-state index contributed by atoms with van der Waals surface area (Å²) in [5.74, 6) is 0. The minimum absolute atomic E-state index is 0.222. The summed E-state index contributed by atoms with van der Waals surface area (Å²) in [5, 5.41) is 1.49. The Hall–Kier alpha value is -1.59. The maximum absolute atomic E-state index is 10.8. The summed E-state index contributed by atoms with van der Waals surface area (Å²) in [4.78, 5) is -0.222. The molecule has 2 rings (SSSR count). The van der Waals surface area contributed by atoms with Crippen LogP contribution >= 0.6 is 0 Å². The predicted octanol–water partition coefficient (Wildman–Crippen LogP) is 1.33. The Labute approximate surface area is 87.1 Å². The van der Waals surface area contributed by atoms with Crippen LogP contribution in [-0.4, -0.2) is 13.0 Å². The fraction of sp³-hybridized carbons (Fsp3) is 0. The molecule has 0 amide bonds. The summed E-state index contributed by atoms with van der Waals surface area (Å²) in [5.41, 5.74) is 6.17. The van der Waals surface area contributed by atoms with Gasteiger partial charge >= 0.3 is 0 Å². The van der Waals surface area contributed by atoms with Gasteiger partial charge in [-0.15, -0.1) is 0 Å². The molecule has 4 nitrogen and oxygen atoms in total. The van der Waals surface area contributed by atoms with Crippen molar-refractivity contribution in [3.05, 3.63) is 36.4 Å². The first-order chi connectivity index (χ1) is 6.97. The molecule has 0 atom stereocenters. The van der Waals surface area contributed by atoms with Crippen LogP contribution in [0.5, 0.6) is 0 Å². The fourth-order valence-corrected chi connectivity index (χ4v) is 1.90. The second-order valence-electron chi connectivity index (χ2n) is 3.22. The lowest BCUT2D eigenvalue weighted by Crippen LogP contribution is -1.97. The first kappa shape index (κ1) is 9.95. The Balaban J connectivity index is 2.73. The number of hydrogen-bond donors (Lipinski definition) is 1. The lowest BCUT2D eigenvalue weighted by molar-refractivity contribution is 0.463. The van der Waals surface area contributed by atoms with Crippen molar-refractivity contribution in [2.24, 2.45) is 0 Å². The second kappa shape index (κ2) is 3.22. The maximum Gasteiger partial charge on any atom is 0.124 e.